The number of nitrogens with two attached hydrogens (primary N) is 1. The Morgan fingerprint density at radius 1 is 0.861 bits per heavy atom. The van der Waals surface area contributed by atoms with E-state index in [1.807, 2.05) is 50.1 Å². The number of piperidine rings is 1. The Bertz CT molecular complexity index is 2920. The average Bonchev–Trinajstić information content (AvgIpc) is 4.54. The van der Waals surface area contributed by atoms with Crippen molar-refractivity contribution in [3.63, 3.8) is 0 Å². The number of carbonyl (C=O) groups is 5. The van der Waals surface area contributed by atoms with E-state index >= 15 is 4.79 Å². The first-order valence-electron chi connectivity index (χ1n) is 27.6. The number of methoxy groups -OCH3 is 3. The van der Waals surface area contributed by atoms with Gasteiger partial charge in [-0.2, -0.15) is 0 Å². The fourth-order valence-corrected chi connectivity index (χ4v) is 17.1. The maximum atomic E-state index is 15.3. The van der Waals surface area contributed by atoms with Gasteiger partial charge in [-0.3, -0.25) is 24.0 Å². The second-order valence-corrected chi connectivity index (χ2v) is 24.7. The van der Waals surface area contributed by atoms with Crippen LogP contribution in [0.2, 0.25) is 0 Å². The molecule has 0 unspecified atom stereocenters. The van der Waals surface area contributed by atoms with E-state index in [2.05, 4.69) is 54.6 Å². The number of amides is 2. The number of rotatable bonds is 12. The first-order chi connectivity index (χ1) is 37.7. The normalized spacial score (nSPS) is 32.0. The van der Waals surface area contributed by atoms with Gasteiger partial charge in [0.05, 0.1) is 46.2 Å². The Morgan fingerprint density at radius 3 is 2.13 bits per heavy atom. The van der Waals surface area contributed by atoms with Crippen molar-refractivity contribution in [1.29, 1.82) is 0 Å². The number of anilines is 1. The van der Waals surface area contributed by atoms with Gasteiger partial charge >= 0.3 is 37.7 Å². The van der Waals surface area contributed by atoms with Crippen LogP contribution in [0, 0.1) is 11.3 Å². The number of aliphatic hydroxyl groups is 2. The number of aromatic nitrogens is 1. The molecule has 1 saturated carbocycles. The highest BCUT2D eigenvalue weighted by molar-refractivity contribution is 7.58. The fourth-order valence-electron chi connectivity index (χ4n) is 14.9. The average molecular weight is 1120 g/mol. The number of esters is 3. The lowest BCUT2D eigenvalue weighted by Crippen LogP contribution is -2.81. The summed E-state index contributed by atoms with van der Waals surface area (Å²) in [4.78, 5) is 73.9. The molecule has 8 aliphatic rings. The van der Waals surface area contributed by atoms with Crippen molar-refractivity contribution in [3.8, 4) is 5.75 Å². The van der Waals surface area contributed by atoms with Crippen molar-refractivity contribution >= 4 is 54.3 Å². The van der Waals surface area contributed by atoms with Crippen molar-refractivity contribution in [1.82, 2.24) is 29.2 Å². The molecule has 10 atom stereocenters. The van der Waals surface area contributed by atoms with E-state index in [0.29, 0.717) is 95.8 Å². The van der Waals surface area contributed by atoms with Gasteiger partial charge in [-0.1, -0.05) is 44.2 Å². The molecular formula is C56H79N8O14P. The molecule has 3 aromatic rings. The smallest absolute Gasteiger partial charge is 0.414 e. The van der Waals surface area contributed by atoms with E-state index in [0.717, 1.165) is 59.6 Å². The molecular weight excluding hydrogens is 1040 g/mol. The zero-order valence-electron chi connectivity index (χ0n) is 47.0. The number of fused-ring (bicyclic) bond motifs is 6. The molecule has 23 heteroatoms. The molecule has 0 radical (unpaired) electrons. The molecule has 1 aliphatic carbocycles. The Balaban J connectivity index is 0.000000317. The predicted molar refractivity (Wildman–Crippen MR) is 293 cm³/mol. The molecule has 1 spiro atoms. The zero-order chi connectivity index (χ0) is 57.0. The van der Waals surface area contributed by atoms with Crippen LogP contribution in [-0.2, 0) is 59.9 Å². The third kappa shape index (κ3) is 9.55. The Morgan fingerprint density at radius 2 is 1.54 bits per heavy atom. The number of benzene rings is 2. The summed E-state index contributed by atoms with van der Waals surface area (Å²) in [6.45, 7) is 15.9. The number of hydrogen-bond donors (Lipinski definition) is 5. The van der Waals surface area contributed by atoms with Gasteiger partial charge in [0.2, 0.25) is 5.60 Å². The van der Waals surface area contributed by atoms with E-state index in [-0.39, 0.29) is 12.0 Å². The minimum absolute atomic E-state index is 0.0986. The topological polar surface area (TPSA) is 268 Å². The molecule has 432 valence electrons. The molecule has 7 aliphatic heterocycles. The van der Waals surface area contributed by atoms with Crippen LogP contribution in [0.15, 0.2) is 48.6 Å². The number of primary amides is 1. The van der Waals surface area contributed by atoms with Gasteiger partial charge in [0.15, 0.2) is 6.10 Å². The van der Waals surface area contributed by atoms with Crippen LogP contribution in [0.5, 0.6) is 5.75 Å². The number of nitrogens with one attached hydrogen (secondary N) is 2. The number of aromatic amines is 1. The number of likely N-dealkylation sites (N-methyl/N-ethyl adjacent to an activating group) is 1. The van der Waals surface area contributed by atoms with Crippen LogP contribution in [0.25, 0.3) is 10.9 Å². The summed E-state index contributed by atoms with van der Waals surface area (Å²) in [7, 11) is 3.37. The Labute approximate surface area is 461 Å². The molecule has 2 bridgehead atoms. The molecule has 2 aromatic carbocycles. The van der Waals surface area contributed by atoms with Crippen molar-refractivity contribution in [3.05, 3.63) is 70.9 Å². The van der Waals surface area contributed by atoms with E-state index in [1.54, 1.807) is 30.3 Å². The summed E-state index contributed by atoms with van der Waals surface area (Å²) in [5.41, 5.74) is 2.92. The lowest BCUT2D eigenvalue weighted by molar-refractivity contribution is -0.228. The third-order valence-corrected chi connectivity index (χ3v) is 20.8. The molecule has 5 fully saturated rings. The van der Waals surface area contributed by atoms with Crippen LogP contribution >= 0.6 is 7.59 Å². The van der Waals surface area contributed by atoms with E-state index in [1.165, 1.54) is 21.1 Å². The first kappa shape index (κ1) is 57.9. The van der Waals surface area contributed by atoms with Crippen molar-refractivity contribution in [2.45, 2.75) is 113 Å². The number of para-hydroxylation sites is 1. The second-order valence-electron chi connectivity index (χ2n) is 22.2. The van der Waals surface area contributed by atoms with Crippen LogP contribution in [0.3, 0.4) is 0 Å². The Kier molecular flexibility index (Phi) is 16.1. The monoisotopic (exact) mass is 1120 g/mol. The van der Waals surface area contributed by atoms with E-state index < -0.39 is 77.3 Å². The van der Waals surface area contributed by atoms with E-state index in [9.17, 15) is 34.0 Å². The highest BCUT2D eigenvalue weighted by atomic mass is 31.2. The lowest BCUT2D eigenvalue weighted by atomic mass is 9.47. The molecule has 1 aromatic heterocycles. The van der Waals surface area contributed by atoms with Gasteiger partial charge in [0.25, 0.3) is 0 Å². The van der Waals surface area contributed by atoms with Gasteiger partial charge < -0.3 is 54.3 Å². The highest BCUT2D eigenvalue weighted by Crippen LogP contribution is 2.68. The molecule has 4 saturated heterocycles. The van der Waals surface area contributed by atoms with Crippen molar-refractivity contribution in [2.24, 2.45) is 17.1 Å². The molecule has 6 N–H and O–H groups in total. The minimum Gasteiger partial charge on any atom is -0.496 e. The number of carbonyl (C=O) groups excluding carboxylic acids is 5. The largest absolute Gasteiger partial charge is 0.496 e. The van der Waals surface area contributed by atoms with Gasteiger partial charge in [-0.25, -0.2) is 28.8 Å². The number of hydrogen-bond acceptors (Lipinski definition) is 17. The second kappa shape index (κ2) is 22.0. The standard InChI is InChI=1S/C46H58N4O9.C7H14N3O3P.C3H7NO2/c1-8-42(54)23-28-24-45(40(52)57-6,36-30(15-19-49(25-28)26-42)29-13-10-11-14-33(29)47-36)32-21-31-34(22-35(32)56-5)48(4)38-44(31)17-20-50-18-12-16-43(9-2,37(44)50)39(59-27(3)51)46(38,55)41(53)58-7;1-2-13-7(11)8-14(12,9-3-4-9)10-5-6-10;1-2-6-3(4)5/h10-14,16,21-22,28,37-39,47,54-55H,8-9,15,17-20,23-26H2,1-7H3;2-6H2,1H3,(H,8,11,12);2H2,1H3,(H2,4,5)/t28-,37-,38+,39+,42-,43+,44+,45-,46-;;/m0../s1. The summed E-state index contributed by atoms with van der Waals surface area (Å²) in [6.07, 6.45) is 4.65. The SMILES string of the molecule is CCOC(=O)NP(=O)(N1CC1)N1CC1.CCOC(N)=O.CC[C@]1(O)C[C@@H]2C[N@@](CCc3c([nH]c4ccccc34)[C@@](C(=O)OC)(c3cc4c(cc3OC)N(C)[C@H]3[C@@](O)(C(=O)OC)[C@H](OC(C)=O)[C@]5(CC)C=CCN6CC[C@]43[C@@H]65)C2)C1. The quantitative estimate of drug-likeness (QED) is 0.0547. The number of ether oxygens (including phenoxy) is 6. The number of nitrogens with zero attached hydrogens (tertiary/aromatic N) is 5. The highest BCUT2D eigenvalue weighted by Gasteiger charge is 2.80. The fraction of sp³-hybridized carbons (Fsp3) is 0.625. The summed E-state index contributed by atoms with van der Waals surface area (Å²) in [6, 6.07) is 11.0. The summed E-state index contributed by atoms with van der Waals surface area (Å²) >= 11 is 0. The van der Waals surface area contributed by atoms with Crippen LogP contribution in [-0.4, -0.2) is 194 Å². The molecule has 22 nitrogen and oxygen atoms in total. The molecule has 8 heterocycles. The van der Waals surface area contributed by atoms with Gasteiger partial charge in [0, 0.05) is 117 Å². The van der Waals surface area contributed by atoms with Gasteiger partial charge in [0.1, 0.15) is 11.2 Å². The molecule has 11 rings (SSSR count). The minimum atomic E-state index is -2.78. The summed E-state index contributed by atoms with van der Waals surface area (Å²) in [5, 5.41) is 28.8. The van der Waals surface area contributed by atoms with Crippen LogP contribution in [0.1, 0.15) is 89.1 Å². The first-order valence-corrected chi connectivity index (χ1v) is 29.2. The Hall–Kier alpha value is -5.74. The van der Waals surface area contributed by atoms with Crippen LogP contribution in [0.4, 0.5) is 15.3 Å². The van der Waals surface area contributed by atoms with Gasteiger partial charge in [-0.15, -0.1) is 0 Å². The summed E-state index contributed by atoms with van der Waals surface area (Å²) in [5.74, 6) is -1.56. The summed E-state index contributed by atoms with van der Waals surface area (Å²) < 4.78 is 48.6. The maximum absolute atomic E-state index is 15.3. The molecule has 2 amide bonds. The lowest BCUT2D eigenvalue weighted by Gasteiger charge is -2.63. The maximum Gasteiger partial charge on any atom is 0.414 e. The molecule has 79 heavy (non-hydrogen) atoms. The van der Waals surface area contributed by atoms with Gasteiger partial charge in [-0.05, 0) is 88.1 Å². The third-order valence-electron chi connectivity index (χ3n) is 18.0. The number of H-pyrrole nitrogens is 1. The van der Waals surface area contributed by atoms with E-state index in [4.69, 9.17) is 23.7 Å². The zero-order valence-corrected chi connectivity index (χ0v) is 47.9. The van der Waals surface area contributed by atoms with Crippen molar-refractivity contribution < 1.29 is 67.2 Å². The van der Waals surface area contributed by atoms with Crippen molar-refractivity contribution in [2.75, 3.05) is 105 Å². The predicted octanol–water partition coefficient (Wildman–Crippen LogP) is 4.56. The van der Waals surface area contributed by atoms with Crippen LogP contribution < -0.4 is 20.5 Å².